The van der Waals surface area contributed by atoms with E-state index in [1.54, 1.807) is 18.3 Å². The number of aromatic nitrogens is 3. The summed E-state index contributed by atoms with van der Waals surface area (Å²) in [4.78, 5) is 22.3. The number of hydrogen-bond acceptors (Lipinski definition) is 3. The molecule has 0 unspecified atom stereocenters. The van der Waals surface area contributed by atoms with Crippen molar-refractivity contribution in [1.29, 1.82) is 0 Å². The van der Waals surface area contributed by atoms with Crippen molar-refractivity contribution in [3.8, 4) is 11.5 Å². The van der Waals surface area contributed by atoms with Crippen LogP contribution in [0, 0.1) is 0 Å². The molecule has 0 aliphatic rings. The van der Waals surface area contributed by atoms with Crippen LogP contribution in [0.15, 0.2) is 24.4 Å². The van der Waals surface area contributed by atoms with Crippen LogP contribution < -0.4 is 0 Å². The van der Waals surface area contributed by atoms with Crippen molar-refractivity contribution in [3.63, 3.8) is 0 Å². The molecule has 0 amide bonds. The summed E-state index contributed by atoms with van der Waals surface area (Å²) < 4.78 is 0. The summed E-state index contributed by atoms with van der Waals surface area (Å²) in [5.74, 6) is -0.454. The molecule has 0 saturated heterocycles. The van der Waals surface area contributed by atoms with E-state index in [4.69, 9.17) is 5.11 Å². The van der Waals surface area contributed by atoms with Crippen molar-refractivity contribution in [2.75, 3.05) is 0 Å². The SMILES string of the molecule is CC(C)c1[nH]c(-c2ccccn2)nc1C(=O)O. The van der Waals surface area contributed by atoms with Gasteiger partial charge in [0.05, 0.1) is 5.69 Å². The summed E-state index contributed by atoms with van der Waals surface area (Å²) in [6, 6.07) is 5.42. The normalized spacial score (nSPS) is 10.8. The Morgan fingerprint density at radius 3 is 2.65 bits per heavy atom. The molecule has 2 aromatic heterocycles. The van der Waals surface area contributed by atoms with Crippen LogP contribution in [0.3, 0.4) is 0 Å². The van der Waals surface area contributed by atoms with Crippen LogP contribution in [0.5, 0.6) is 0 Å². The zero-order valence-corrected chi connectivity index (χ0v) is 9.64. The lowest BCUT2D eigenvalue weighted by atomic mass is 10.1. The minimum atomic E-state index is -1.02. The highest BCUT2D eigenvalue weighted by Gasteiger charge is 2.19. The number of pyridine rings is 1. The van der Waals surface area contributed by atoms with Crippen LogP contribution in [0.25, 0.3) is 11.5 Å². The zero-order chi connectivity index (χ0) is 12.4. The third-order valence-corrected chi connectivity index (χ3v) is 2.42. The maximum absolute atomic E-state index is 11.1. The predicted octanol–water partition coefficient (Wildman–Crippen LogP) is 2.29. The van der Waals surface area contributed by atoms with Crippen LogP contribution in [0.2, 0.25) is 0 Å². The first-order chi connectivity index (χ1) is 8.09. The molecule has 0 saturated carbocycles. The monoisotopic (exact) mass is 231 g/mol. The smallest absolute Gasteiger partial charge is 0.356 e. The van der Waals surface area contributed by atoms with Gasteiger partial charge in [0.1, 0.15) is 5.69 Å². The van der Waals surface area contributed by atoms with E-state index in [0.29, 0.717) is 17.2 Å². The Kier molecular flexibility index (Phi) is 2.91. The Morgan fingerprint density at radius 2 is 2.18 bits per heavy atom. The van der Waals surface area contributed by atoms with Crippen molar-refractivity contribution in [2.24, 2.45) is 0 Å². The van der Waals surface area contributed by atoms with Gasteiger partial charge in [-0.3, -0.25) is 4.98 Å². The van der Waals surface area contributed by atoms with Crippen LogP contribution >= 0.6 is 0 Å². The Hall–Kier alpha value is -2.17. The van der Waals surface area contributed by atoms with Crippen LogP contribution in [-0.4, -0.2) is 26.0 Å². The predicted molar refractivity (Wildman–Crippen MR) is 62.9 cm³/mol. The number of aromatic amines is 1. The van der Waals surface area contributed by atoms with Gasteiger partial charge < -0.3 is 10.1 Å². The molecule has 0 radical (unpaired) electrons. The van der Waals surface area contributed by atoms with E-state index in [2.05, 4.69) is 15.0 Å². The number of hydrogen-bond donors (Lipinski definition) is 2. The third kappa shape index (κ3) is 2.18. The molecule has 2 N–H and O–H groups in total. The van der Waals surface area contributed by atoms with Gasteiger partial charge in [-0.15, -0.1) is 0 Å². The van der Waals surface area contributed by atoms with Crippen molar-refractivity contribution in [1.82, 2.24) is 15.0 Å². The van der Waals surface area contributed by atoms with Crippen molar-refractivity contribution in [2.45, 2.75) is 19.8 Å². The first kappa shape index (κ1) is 11.3. The van der Waals surface area contributed by atoms with E-state index in [-0.39, 0.29) is 11.6 Å². The number of rotatable bonds is 3. The molecule has 0 bridgehead atoms. The second kappa shape index (κ2) is 4.37. The van der Waals surface area contributed by atoms with Crippen molar-refractivity contribution >= 4 is 5.97 Å². The third-order valence-electron chi connectivity index (χ3n) is 2.42. The second-order valence-electron chi connectivity index (χ2n) is 4.02. The molecule has 0 aliphatic heterocycles. The zero-order valence-electron chi connectivity index (χ0n) is 9.64. The van der Waals surface area contributed by atoms with Gasteiger partial charge in [-0.2, -0.15) is 0 Å². The summed E-state index contributed by atoms with van der Waals surface area (Å²) in [6.45, 7) is 3.84. The van der Waals surface area contributed by atoms with Gasteiger partial charge in [-0.1, -0.05) is 19.9 Å². The van der Waals surface area contributed by atoms with Crippen LogP contribution in [0.1, 0.15) is 35.9 Å². The topological polar surface area (TPSA) is 78.9 Å². The lowest BCUT2D eigenvalue weighted by Gasteiger charge is -2.01. The van der Waals surface area contributed by atoms with E-state index >= 15 is 0 Å². The van der Waals surface area contributed by atoms with Gasteiger partial charge in [-0.05, 0) is 18.1 Å². The average Bonchev–Trinajstić information content (AvgIpc) is 2.75. The van der Waals surface area contributed by atoms with E-state index in [0.717, 1.165) is 0 Å². The number of carboxylic acid groups (broad SMARTS) is 1. The van der Waals surface area contributed by atoms with E-state index in [1.807, 2.05) is 19.9 Å². The maximum Gasteiger partial charge on any atom is 0.356 e. The minimum absolute atomic E-state index is 0.0700. The maximum atomic E-state index is 11.1. The van der Waals surface area contributed by atoms with E-state index < -0.39 is 5.97 Å². The van der Waals surface area contributed by atoms with Crippen LogP contribution in [0.4, 0.5) is 0 Å². The average molecular weight is 231 g/mol. The largest absolute Gasteiger partial charge is 0.476 e. The second-order valence-corrected chi connectivity index (χ2v) is 4.02. The molecule has 0 aliphatic carbocycles. The molecular weight excluding hydrogens is 218 g/mol. The highest BCUT2D eigenvalue weighted by molar-refractivity contribution is 5.87. The Bertz CT molecular complexity index is 532. The molecule has 0 aromatic carbocycles. The fourth-order valence-corrected chi connectivity index (χ4v) is 1.59. The van der Waals surface area contributed by atoms with E-state index in [1.165, 1.54) is 0 Å². The summed E-state index contributed by atoms with van der Waals surface area (Å²) in [5.41, 5.74) is 1.33. The first-order valence-corrected chi connectivity index (χ1v) is 5.34. The summed E-state index contributed by atoms with van der Waals surface area (Å²) in [7, 11) is 0. The highest BCUT2D eigenvalue weighted by atomic mass is 16.4. The molecule has 0 spiro atoms. The minimum Gasteiger partial charge on any atom is -0.476 e. The number of nitrogens with one attached hydrogen (secondary N) is 1. The number of carbonyl (C=O) groups is 1. The van der Waals surface area contributed by atoms with Crippen molar-refractivity contribution in [3.05, 3.63) is 35.8 Å². The molecule has 5 heteroatoms. The molecule has 2 aromatic rings. The molecule has 2 heterocycles. The molecular formula is C12H13N3O2. The number of carboxylic acids is 1. The van der Waals surface area contributed by atoms with Gasteiger partial charge in [-0.25, -0.2) is 9.78 Å². The summed E-state index contributed by atoms with van der Waals surface area (Å²) >= 11 is 0. The van der Waals surface area contributed by atoms with Crippen LogP contribution in [-0.2, 0) is 0 Å². The fourth-order valence-electron chi connectivity index (χ4n) is 1.59. The fraction of sp³-hybridized carbons (Fsp3) is 0.250. The Morgan fingerprint density at radius 1 is 1.41 bits per heavy atom. The van der Waals surface area contributed by atoms with Crippen molar-refractivity contribution < 1.29 is 9.90 Å². The van der Waals surface area contributed by atoms with Gasteiger partial charge >= 0.3 is 5.97 Å². The lowest BCUT2D eigenvalue weighted by molar-refractivity contribution is 0.0689. The molecule has 0 fully saturated rings. The quantitative estimate of drug-likeness (QED) is 0.849. The standard InChI is InChI=1S/C12H13N3O2/c1-7(2)9-10(12(16)17)15-11(14-9)8-5-3-4-6-13-8/h3-7H,1-2H3,(H,14,15)(H,16,17). The van der Waals surface area contributed by atoms with E-state index in [9.17, 15) is 4.79 Å². The van der Waals surface area contributed by atoms with Gasteiger partial charge in [0.2, 0.25) is 0 Å². The van der Waals surface area contributed by atoms with Gasteiger partial charge in [0.25, 0.3) is 0 Å². The molecule has 17 heavy (non-hydrogen) atoms. The molecule has 88 valence electrons. The molecule has 5 nitrogen and oxygen atoms in total. The highest BCUT2D eigenvalue weighted by Crippen LogP contribution is 2.21. The number of nitrogens with zero attached hydrogens (tertiary/aromatic N) is 2. The first-order valence-electron chi connectivity index (χ1n) is 5.34. The summed E-state index contributed by atoms with van der Waals surface area (Å²) in [6.07, 6.45) is 1.65. The Labute approximate surface area is 98.6 Å². The Balaban J connectivity index is 2.51. The number of imidazole rings is 1. The van der Waals surface area contributed by atoms with Gasteiger partial charge in [0.15, 0.2) is 11.5 Å². The molecule has 2 rings (SSSR count). The molecule has 0 atom stereocenters. The number of aromatic carboxylic acids is 1. The van der Waals surface area contributed by atoms with Gasteiger partial charge in [0, 0.05) is 6.20 Å². The lowest BCUT2D eigenvalue weighted by Crippen LogP contribution is -2.02. The number of H-pyrrole nitrogens is 1. The summed E-state index contributed by atoms with van der Waals surface area (Å²) in [5, 5.41) is 9.07.